The molecule has 0 spiro atoms. The maximum atomic E-state index is 13.7. The number of rotatable bonds is 10. The fourth-order valence-corrected chi connectivity index (χ4v) is 7.62. The minimum absolute atomic E-state index is 0.00450. The van der Waals surface area contributed by atoms with E-state index in [2.05, 4.69) is 14.8 Å². The first-order chi connectivity index (χ1) is 21.2. The van der Waals surface area contributed by atoms with Crippen LogP contribution in [0.4, 0.5) is 13.2 Å². The number of hydrogen-bond acceptors (Lipinski definition) is 9. The van der Waals surface area contributed by atoms with Gasteiger partial charge in [0.2, 0.25) is 15.9 Å². The lowest BCUT2D eigenvalue weighted by atomic mass is 10.1. The van der Waals surface area contributed by atoms with Crippen LogP contribution in [0.25, 0.3) is 0 Å². The molecule has 2 aromatic rings. The lowest BCUT2D eigenvalue weighted by molar-refractivity contribution is -0.192. The van der Waals surface area contributed by atoms with Crippen molar-refractivity contribution in [3.8, 4) is 5.75 Å². The van der Waals surface area contributed by atoms with Gasteiger partial charge in [-0.25, -0.2) is 18.2 Å². The summed E-state index contributed by atoms with van der Waals surface area (Å²) in [6, 6.07) is 3.37. The summed E-state index contributed by atoms with van der Waals surface area (Å²) in [5.74, 6) is -2.06. The van der Waals surface area contributed by atoms with Crippen molar-refractivity contribution in [1.82, 2.24) is 24.0 Å². The number of hydrogen-bond donors (Lipinski definition) is 1. The first kappa shape index (κ1) is 34.7. The molecule has 0 radical (unpaired) electrons. The largest absolute Gasteiger partial charge is 0.497 e. The third-order valence-corrected chi connectivity index (χ3v) is 10.3. The second-order valence-corrected chi connectivity index (χ2v) is 13.3. The van der Waals surface area contributed by atoms with Gasteiger partial charge in [0.1, 0.15) is 12.0 Å². The van der Waals surface area contributed by atoms with Crippen LogP contribution < -0.4 is 4.74 Å². The minimum Gasteiger partial charge on any atom is -0.497 e. The molecule has 3 aliphatic rings. The fourth-order valence-electron chi connectivity index (χ4n) is 5.57. The van der Waals surface area contributed by atoms with E-state index in [1.165, 1.54) is 36.5 Å². The molecule has 2 saturated heterocycles. The van der Waals surface area contributed by atoms with Crippen LogP contribution in [0.2, 0.25) is 0 Å². The second-order valence-electron chi connectivity index (χ2n) is 11.5. The molecule has 12 nitrogen and oxygen atoms in total. The Balaban J connectivity index is 0.000000591. The number of aryl methyl sites for hydroxylation is 2. The van der Waals surface area contributed by atoms with Gasteiger partial charge in [-0.2, -0.15) is 17.5 Å². The first-order valence-corrected chi connectivity index (χ1v) is 16.3. The second kappa shape index (κ2) is 14.5. The van der Waals surface area contributed by atoms with E-state index in [0.717, 1.165) is 39.0 Å². The maximum Gasteiger partial charge on any atom is 0.490 e. The van der Waals surface area contributed by atoms with Gasteiger partial charge < -0.3 is 24.1 Å². The van der Waals surface area contributed by atoms with E-state index in [4.69, 9.17) is 19.1 Å². The molecule has 0 unspecified atom stereocenters. The number of likely N-dealkylation sites (tertiary alicyclic amines) is 1. The molecule has 0 atom stereocenters. The quantitative estimate of drug-likeness (QED) is 0.405. The highest BCUT2D eigenvalue weighted by atomic mass is 32.2. The molecule has 1 aromatic heterocycles. The molecular weight excluding hydrogens is 619 g/mol. The highest BCUT2D eigenvalue weighted by Crippen LogP contribution is 2.36. The number of alkyl halides is 3. The Hall–Kier alpha value is -3.21. The molecule has 5 rings (SSSR count). The normalized spacial score (nSPS) is 18.2. The molecule has 1 aromatic carbocycles. The summed E-state index contributed by atoms with van der Waals surface area (Å²) in [6.07, 6.45) is 0.461. The molecule has 1 amide bonds. The van der Waals surface area contributed by atoms with Crippen molar-refractivity contribution in [2.75, 3.05) is 59.5 Å². The Morgan fingerprint density at radius 3 is 2.04 bits per heavy atom. The summed E-state index contributed by atoms with van der Waals surface area (Å²) >= 11 is 0. The van der Waals surface area contributed by atoms with Crippen LogP contribution in [-0.4, -0.2) is 121 Å². The number of nitrogens with zero attached hydrogens (tertiary/aromatic N) is 5. The van der Waals surface area contributed by atoms with Crippen molar-refractivity contribution >= 4 is 21.9 Å². The molecule has 45 heavy (non-hydrogen) atoms. The van der Waals surface area contributed by atoms with Crippen LogP contribution in [0.1, 0.15) is 53.2 Å². The average Bonchev–Trinajstić information content (AvgIpc) is 3.46. The summed E-state index contributed by atoms with van der Waals surface area (Å²) < 4.78 is 71.6. The molecule has 16 heteroatoms. The number of amides is 1. The van der Waals surface area contributed by atoms with Crippen molar-refractivity contribution in [2.24, 2.45) is 0 Å². The van der Waals surface area contributed by atoms with Gasteiger partial charge in [0.25, 0.3) is 5.91 Å². The summed E-state index contributed by atoms with van der Waals surface area (Å²) in [4.78, 5) is 33.5. The lowest BCUT2D eigenvalue weighted by Gasteiger charge is -2.35. The molecule has 250 valence electrons. The number of aromatic nitrogens is 1. The number of carboxylic acids is 1. The Labute approximate surface area is 260 Å². The standard InChI is InChI=1S/C27H39N5O5S.C2HF3O2/c1-20-16-23(36-3)17-21(2)26(20)38(34,35)32(22-6-7-22)18-25-28-24(19-37-25)27(33)31-14-12-30(13-15-31)11-10-29-8-4-5-9-29;3-2(4,5)1(6)7/h16-17,19,22H,4-15,18H2,1-3H3;(H,6,7). The Bertz CT molecular complexity index is 1430. The van der Waals surface area contributed by atoms with Crippen LogP contribution in [0, 0.1) is 13.8 Å². The molecule has 1 saturated carbocycles. The van der Waals surface area contributed by atoms with Crippen molar-refractivity contribution in [1.29, 1.82) is 0 Å². The van der Waals surface area contributed by atoms with Crippen LogP contribution >= 0.6 is 0 Å². The summed E-state index contributed by atoms with van der Waals surface area (Å²) in [5, 5.41) is 7.12. The van der Waals surface area contributed by atoms with Gasteiger partial charge in [-0.05, 0) is 75.9 Å². The topological polar surface area (TPSA) is 137 Å². The molecule has 1 N–H and O–H groups in total. The van der Waals surface area contributed by atoms with Gasteiger partial charge in [-0.15, -0.1) is 0 Å². The van der Waals surface area contributed by atoms with Gasteiger partial charge in [0.15, 0.2) is 5.69 Å². The number of ether oxygens (including phenoxy) is 1. The highest BCUT2D eigenvalue weighted by molar-refractivity contribution is 7.89. The number of methoxy groups -OCH3 is 1. The third-order valence-electron chi connectivity index (χ3n) is 8.09. The number of piperazine rings is 1. The van der Waals surface area contributed by atoms with Gasteiger partial charge in [-0.1, -0.05) is 0 Å². The average molecular weight is 660 g/mol. The minimum atomic E-state index is -5.08. The van der Waals surface area contributed by atoms with Gasteiger partial charge in [-0.3, -0.25) is 9.69 Å². The zero-order chi connectivity index (χ0) is 32.9. The van der Waals surface area contributed by atoms with E-state index in [1.807, 2.05) is 4.90 Å². The van der Waals surface area contributed by atoms with Crippen LogP contribution in [0.3, 0.4) is 0 Å². The van der Waals surface area contributed by atoms with Crippen molar-refractivity contribution < 1.29 is 45.4 Å². The summed E-state index contributed by atoms with van der Waals surface area (Å²) in [7, 11) is -2.23. The zero-order valence-electron chi connectivity index (χ0n) is 25.7. The van der Waals surface area contributed by atoms with Crippen LogP contribution in [0.5, 0.6) is 5.75 Å². The summed E-state index contributed by atoms with van der Waals surface area (Å²) in [6.45, 7) is 11.1. The van der Waals surface area contributed by atoms with E-state index in [9.17, 15) is 26.4 Å². The van der Waals surface area contributed by atoms with Gasteiger partial charge in [0, 0.05) is 45.3 Å². The van der Waals surface area contributed by atoms with Crippen molar-refractivity contribution in [3.63, 3.8) is 0 Å². The first-order valence-electron chi connectivity index (χ1n) is 14.9. The third kappa shape index (κ3) is 8.95. The molecule has 3 heterocycles. The number of oxazole rings is 1. The van der Waals surface area contributed by atoms with E-state index in [-0.39, 0.29) is 35.0 Å². The van der Waals surface area contributed by atoms with Gasteiger partial charge in [0.05, 0.1) is 18.6 Å². The van der Waals surface area contributed by atoms with Crippen molar-refractivity contribution in [3.05, 3.63) is 41.1 Å². The highest BCUT2D eigenvalue weighted by Gasteiger charge is 2.41. The Morgan fingerprint density at radius 1 is 1.02 bits per heavy atom. The zero-order valence-corrected chi connectivity index (χ0v) is 26.5. The molecule has 0 bridgehead atoms. The number of carbonyl (C=O) groups is 2. The number of carboxylic acid groups (broad SMARTS) is 1. The number of aliphatic carboxylic acids is 1. The number of carbonyl (C=O) groups excluding carboxylic acids is 1. The monoisotopic (exact) mass is 659 g/mol. The molecular formula is C29H40F3N5O7S. The predicted molar refractivity (Wildman–Crippen MR) is 156 cm³/mol. The SMILES string of the molecule is COc1cc(C)c(S(=O)(=O)N(Cc2nc(C(=O)N3CCN(CCN4CCCC4)CC3)co2)C2CC2)c(C)c1.O=C(O)C(F)(F)F. The predicted octanol–water partition coefficient (Wildman–Crippen LogP) is 3.14. The van der Waals surface area contributed by atoms with E-state index >= 15 is 0 Å². The molecule has 2 aliphatic heterocycles. The van der Waals surface area contributed by atoms with Crippen LogP contribution in [0.15, 0.2) is 27.7 Å². The molecule has 3 fully saturated rings. The van der Waals surface area contributed by atoms with Crippen LogP contribution in [-0.2, 0) is 21.4 Å². The smallest absolute Gasteiger partial charge is 0.490 e. The number of benzene rings is 1. The lowest BCUT2D eigenvalue weighted by Crippen LogP contribution is -2.50. The van der Waals surface area contributed by atoms with E-state index < -0.39 is 22.2 Å². The Morgan fingerprint density at radius 2 is 1.56 bits per heavy atom. The number of sulfonamides is 1. The van der Waals surface area contributed by atoms with Crippen molar-refractivity contribution in [2.45, 2.75) is 63.2 Å². The van der Waals surface area contributed by atoms with Gasteiger partial charge >= 0.3 is 12.1 Å². The van der Waals surface area contributed by atoms with E-state index in [0.29, 0.717) is 30.0 Å². The Kier molecular flexibility index (Phi) is 11.2. The summed E-state index contributed by atoms with van der Waals surface area (Å²) in [5.41, 5.74) is 1.50. The fraction of sp³-hybridized carbons (Fsp3) is 0.621. The molecule has 1 aliphatic carbocycles. The number of halogens is 3. The van der Waals surface area contributed by atoms with E-state index in [1.54, 1.807) is 33.1 Å². The maximum absolute atomic E-state index is 13.7.